The van der Waals surface area contributed by atoms with Gasteiger partial charge >= 0.3 is 12.1 Å². The van der Waals surface area contributed by atoms with E-state index in [2.05, 4.69) is 15.4 Å². The third-order valence-corrected chi connectivity index (χ3v) is 7.67. The summed E-state index contributed by atoms with van der Waals surface area (Å²) in [4.78, 5) is 36.3. The zero-order valence-electron chi connectivity index (χ0n) is 18.9. The molecule has 0 radical (unpaired) electrons. The van der Waals surface area contributed by atoms with Crippen molar-refractivity contribution in [2.45, 2.75) is 37.3 Å². The second-order valence-electron chi connectivity index (χ2n) is 8.62. The summed E-state index contributed by atoms with van der Waals surface area (Å²) in [7, 11) is -3.33. The van der Waals surface area contributed by atoms with E-state index in [1.165, 1.54) is 0 Å². The van der Waals surface area contributed by atoms with Crippen LogP contribution in [0.15, 0.2) is 48.5 Å². The number of carboxylic acid groups (broad SMARTS) is 1. The maximum Gasteiger partial charge on any atom is 0.407 e. The number of aliphatic carboxylic acids is 1. The molecule has 0 spiro atoms. The Hall–Kier alpha value is -3.44. The number of carboxylic acids is 1. The lowest BCUT2D eigenvalue weighted by Gasteiger charge is -2.20. The number of ether oxygens (including phenoxy) is 1. The average molecular weight is 502 g/mol. The molecule has 186 valence electrons. The van der Waals surface area contributed by atoms with Crippen molar-refractivity contribution in [2.24, 2.45) is 0 Å². The maximum absolute atomic E-state index is 12.6. The molecule has 2 aromatic carbocycles. The quantitative estimate of drug-likeness (QED) is 0.407. The van der Waals surface area contributed by atoms with Gasteiger partial charge in [-0.25, -0.2) is 17.9 Å². The number of amides is 2. The van der Waals surface area contributed by atoms with Crippen LogP contribution in [0.1, 0.15) is 36.3 Å². The van der Waals surface area contributed by atoms with E-state index in [4.69, 9.17) is 9.84 Å². The molecule has 4 N–H and O–H groups in total. The van der Waals surface area contributed by atoms with Gasteiger partial charge in [-0.05, 0) is 35.1 Å². The topological polar surface area (TPSA) is 151 Å². The molecule has 1 fully saturated rings. The van der Waals surface area contributed by atoms with Gasteiger partial charge in [-0.15, -0.1) is 0 Å². The third-order valence-electron chi connectivity index (χ3n) is 6.20. The van der Waals surface area contributed by atoms with Gasteiger partial charge in [0.1, 0.15) is 12.6 Å². The first-order valence-electron chi connectivity index (χ1n) is 11.3. The van der Waals surface area contributed by atoms with Gasteiger partial charge in [0.2, 0.25) is 15.9 Å². The number of carbonyl (C=O) groups is 3. The molecule has 0 bridgehead atoms. The van der Waals surface area contributed by atoms with Gasteiger partial charge in [0.15, 0.2) is 0 Å². The fraction of sp³-hybridized carbons (Fsp3) is 0.375. The number of rotatable bonds is 9. The summed E-state index contributed by atoms with van der Waals surface area (Å²) in [6.45, 7) is 0.0883. The molecule has 1 saturated heterocycles. The van der Waals surface area contributed by atoms with Gasteiger partial charge in [-0.1, -0.05) is 48.5 Å². The highest BCUT2D eigenvalue weighted by atomic mass is 32.2. The van der Waals surface area contributed by atoms with E-state index in [1.54, 1.807) is 0 Å². The molecule has 0 aromatic heterocycles. The Bertz CT molecular complexity index is 1190. The summed E-state index contributed by atoms with van der Waals surface area (Å²) in [5.41, 5.74) is 4.25. The molecule has 0 saturated carbocycles. The maximum atomic E-state index is 12.6. The van der Waals surface area contributed by atoms with E-state index >= 15 is 0 Å². The van der Waals surface area contributed by atoms with Gasteiger partial charge in [0.25, 0.3) is 0 Å². The lowest BCUT2D eigenvalue weighted by atomic mass is 9.98. The van der Waals surface area contributed by atoms with Crippen LogP contribution in [0.3, 0.4) is 0 Å². The van der Waals surface area contributed by atoms with Crippen molar-refractivity contribution < 1.29 is 32.6 Å². The largest absolute Gasteiger partial charge is 0.481 e. The fourth-order valence-corrected chi connectivity index (χ4v) is 5.90. The third kappa shape index (κ3) is 5.98. The lowest BCUT2D eigenvalue weighted by molar-refractivity contribution is -0.137. The second-order valence-corrected chi connectivity index (χ2v) is 10.5. The van der Waals surface area contributed by atoms with Crippen molar-refractivity contribution in [3.8, 4) is 11.1 Å². The van der Waals surface area contributed by atoms with E-state index in [9.17, 15) is 22.8 Å². The van der Waals surface area contributed by atoms with E-state index in [-0.39, 0.29) is 37.7 Å². The highest BCUT2D eigenvalue weighted by Crippen LogP contribution is 2.44. The number of nitrogens with one attached hydrogen (secondary N) is 3. The minimum atomic E-state index is -3.33. The fourth-order valence-electron chi connectivity index (χ4n) is 4.48. The first-order valence-corrected chi connectivity index (χ1v) is 13.0. The number of hydrogen-bond donors (Lipinski definition) is 4. The first-order chi connectivity index (χ1) is 16.7. The predicted octanol–water partition coefficient (Wildman–Crippen LogP) is 1.57. The smallest absolute Gasteiger partial charge is 0.407 e. The minimum Gasteiger partial charge on any atom is -0.481 e. The molecule has 10 nitrogen and oxygen atoms in total. The number of fused-ring (bicyclic) bond motifs is 3. The molecule has 2 unspecified atom stereocenters. The molecule has 2 aromatic rings. The molecule has 1 aliphatic heterocycles. The molecule has 1 aliphatic carbocycles. The van der Waals surface area contributed by atoms with Gasteiger partial charge < -0.3 is 20.5 Å². The van der Waals surface area contributed by atoms with Crippen LogP contribution >= 0.6 is 0 Å². The molecule has 2 amide bonds. The van der Waals surface area contributed by atoms with Gasteiger partial charge in [0, 0.05) is 24.9 Å². The summed E-state index contributed by atoms with van der Waals surface area (Å²) in [5.74, 6) is -1.89. The Morgan fingerprint density at radius 3 is 2.26 bits per heavy atom. The minimum absolute atomic E-state index is 0.0199. The van der Waals surface area contributed by atoms with Crippen molar-refractivity contribution in [1.29, 1.82) is 0 Å². The highest BCUT2D eigenvalue weighted by Gasteiger charge is 2.31. The molecule has 2 aliphatic rings. The van der Waals surface area contributed by atoms with Crippen molar-refractivity contribution in [3.05, 3.63) is 59.7 Å². The Labute approximate surface area is 203 Å². The summed E-state index contributed by atoms with van der Waals surface area (Å²) >= 11 is 0. The standard InChI is InChI=1S/C24H27N3O7S/c28-22(29)10-9-21(23(30)25-13-15-11-12-35(32,33)27-15)26-24(31)34-14-20-18-7-3-1-5-16(18)17-6-2-4-8-19(17)20/h1-8,15,20-21,27H,9-14H2,(H,25,30)(H,26,31)(H,28,29). The molecule has 11 heteroatoms. The van der Waals surface area contributed by atoms with Crippen LogP contribution in [0, 0.1) is 0 Å². The van der Waals surface area contributed by atoms with Gasteiger partial charge in [0.05, 0.1) is 5.75 Å². The van der Waals surface area contributed by atoms with Crippen LogP contribution < -0.4 is 15.4 Å². The van der Waals surface area contributed by atoms with Gasteiger partial charge in [-0.3, -0.25) is 9.59 Å². The number of alkyl carbamates (subject to hydrolysis) is 1. The molecule has 4 rings (SSSR count). The van der Waals surface area contributed by atoms with E-state index in [0.29, 0.717) is 6.42 Å². The van der Waals surface area contributed by atoms with Crippen molar-refractivity contribution in [2.75, 3.05) is 18.9 Å². The molecule has 35 heavy (non-hydrogen) atoms. The van der Waals surface area contributed by atoms with E-state index < -0.39 is 40.1 Å². The SMILES string of the molecule is O=C(O)CCC(NC(=O)OCC1c2ccccc2-c2ccccc21)C(=O)NCC1CCS(=O)(=O)N1. The van der Waals surface area contributed by atoms with Crippen molar-refractivity contribution in [3.63, 3.8) is 0 Å². The van der Waals surface area contributed by atoms with Crippen LogP contribution in [-0.2, 0) is 24.3 Å². The van der Waals surface area contributed by atoms with Crippen molar-refractivity contribution >= 4 is 28.0 Å². The number of sulfonamides is 1. The normalized spacial score (nSPS) is 18.8. The Morgan fingerprint density at radius 1 is 1.06 bits per heavy atom. The second kappa shape index (κ2) is 10.4. The van der Waals surface area contributed by atoms with Crippen LogP contribution in [0.2, 0.25) is 0 Å². The van der Waals surface area contributed by atoms with Crippen LogP contribution in [0.5, 0.6) is 0 Å². The average Bonchev–Trinajstić information content (AvgIpc) is 3.35. The zero-order valence-corrected chi connectivity index (χ0v) is 19.7. The van der Waals surface area contributed by atoms with E-state index in [0.717, 1.165) is 22.3 Å². The van der Waals surface area contributed by atoms with E-state index in [1.807, 2.05) is 48.5 Å². The first kappa shape index (κ1) is 24.7. The Kier molecular flexibility index (Phi) is 7.37. The zero-order chi connectivity index (χ0) is 25.0. The Morgan fingerprint density at radius 2 is 1.69 bits per heavy atom. The molecule has 2 atom stereocenters. The lowest BCUT2D eigenvalue weighted by Crippen LogP contribution is -2.49. The van der Waals surface area contributed by atoms with Crippen LogP contribution in [-0.4, -0.2) is 62.5 Å². The highest BCUT2D eigenvalue weighted by molar-refractivity contribution is 7.89. The monoisotopic (exact) mass is 501 g/mol. The number of benzene rings is 2. The molecular weight excluding hydrogens is 474 g/mol. The van der Waals surface area contributed by atoms with Crippen molar-refractivity contribution in [1.82, 2.24) is 15.4 Å². The Balaban J connectivity index is 1.36. The molecular formula is C24H27N3O7S. The van der Waals surface area contributed by atoms with Gasteiger partial charge in [-0.2, -0.15) is 0 Å². The summed E-state index contributed by atoms with van der Waals surface area (Å²) in [5, 5.41) is 14.1. The predicted molar refractivity (Wildman–Crippen MR) is 127 cm³/mol. The summed E-state index contributed by atoms with van der Waals surface area (Å²) in [6, 6.07) is 14.2. The molecule has 1 heterocycles. The number of hydrogen-bond acceptors (Lipinski definition) is 6. The van der Waals surface area contributed by atoms with Crippen LogP contribution in [0.4, 0.5) is 4.79 Å². The van der Waals surface area contributed by atoms with Crippen LogP contribution in [0.25, 0.3) is 11.1 Å². The summed E-state index contributed by atoms with van der Waals surface area (Å²) in [6.07, 6.45) is -0.958. The summed E-state index contributed by atoms with van der Waals surface area (Å²) < 4.78 is 30.9. The number of carbonyl (C=O) groups excluding carboxylic acids is 2.